The fraction of sp³-hybridized carbons (Fsp3) is 0.571. The fourth-order valence-electron chi connectivity index (χ4n) is 3.57. The zero-order valence-electron chi connectivity index (χ0n) is 17.4. The largest absolute Gasteiger partial charge is 0.478 e. The quantitative estimate of drug-likeness (QED) is 0.483. The molecule has 0 heterocycles. The lowest BCUT2D eigenvalue weighted by Gasteiger charge is -2.38. The van der Waals surface area contributed by atoms with Crippen molar-refractivity contribution in [1.29, 1.82) is 0 Å². The molecule has 0 aliphatic heterocycles. The van der Waals surface area contributed by atoms with Crippen molar-refractivity contribution >= 4 is 17.9 Å². The summed E-state index contributed by atoms with van der Waals surface area (Å²) in [7, 11) is 0. The van der Waals surface area contributed by atoms with Gasteiger partial charge in [-0.05, 0) is 43.9 Å². The van der Waals surface area contributed by atoms with Crippen LogP contribution in [0.3, 0.4) is 0 Å². The van der Waals surface area contributed by atoms with Crippen molar-refractivity contribution in [2.45, 2.75) is 53.4 Å². The number of nitrogens with zero attached hydrogens (tertiary/aromatic N) is 1. The van der Waals surface area contributed by atoms with E-state index in [0.29, 0.717) is 0 Å². The Kier molecular flexibility index (Phi) is 11.8. The first-order valence-corrected chi connectivity index (χ1v) is 9.86. The highest BCUT2D eigenvalue weighted by molar-refractivity contribution is 5.98. The van der Waals surface area contributed by atoms with Gasteiger partial charge in [0.05, 0.1) is 42.9 Å². The van der Waals surface area contributed by atoms with Crippen LogP contribution in [0.1, 0.15) is 84.5 Å². The highest BCUT2D eigenvalue weighted by Gasteiger charge is 2.22. The van der Waals surface area contributed by atoms with Crippen LogP contribution in [0.5, 0.6) is 0 Å². The van der Waals surface area contributed by atoms with Crippen LogP contribution in [-0.2, 0) is 0 Å². The molecule has 3 N–H and O–H groups in total. The Bertz CT molecular complexity index is 548. The van der Waals surface area contributed by atoms with Gasteiger partial charge in [-0.25, -0.2) is 14.4 Å². The van der Waals surface area contributed by atoms with Gasteiger partial charge in [-0.1, -0.05) is 27.7 Å². The summed E-state index contributed by atoms with van der Waals surface area (Å²) >= 11 is 0. The van der Waals surface area contributed by atoms with Crippen LogP contribution in [0.2, 0.25) is 0 Å². The number of carboxylic acids is 3. The molecule has 1 aromatic carbocycles. The van der Waals surface area contributed by atoms with Gasteiger partial charge >= 0.3 is 17.9 Å². The van der Waals surface area contributed by atoms with Gasteiger partial charge in [-0.3, -0.25) is 0 Å². The summed E-state index contributed by atoms with van der Waals surface area (Å²) < 4.78 is 1.38. The van der Waals surface area contributed by atoms with E-state index in [1.165, 1.54) is 56.3 Å². The van der Waals surface area contributed by atoms with E-state index in [0.717, 1.165) is 18.2 Å². The first kappa shape index (κ1) is 25.6. The summed E-state index contributed by atoms with van der Waals surface area (Å²) in [6.45, 7) is 14.8. The van der Waals surface area contributed by atoms with Crippen molar-refractivity contribution in [3.8, 4) is 0 Å². The first-order chi connectivity index (χ1) is 13.2. The molecule has 0 aliphatic rings. The number of carboxylic acid groups (broad SMARTS) is 3. The molecule has 0 spiro atoms. The third kappa shape index (κ3) is 8.52. The lowest BCUT2D eigenvalue weighted by molar-refractivity contribution is -0.928. The average Bonchev–Trinajstić information content (AvgIpc) is 2.62. The van der Waals surface area contributed by atoms with Crippen molar-refractivity contribution in [3.05, 3.63) is 34.9 Å². The maximum Gasteiger partial charge on any atom is 0.335 e. The van der Waals surface area contributed by atoms with E-state index in [2.05, 4.69) is 27.7 Å². The maximum absolute atomic E-state index is 10.6. The second-order valence-electron chi connectivity index (χ2n) is 6.95. The van der Waals surface area contributed by atoms with E-state index >= 15 is 0 Å². The number of hydrogen-bond acceptors (Lipinski definition) is 3. The second kappa shape index (κ2) is 12.9. The summed E-state index contributed by atoms with van der Waals surface area (Å²) in [4.78, 5) is 31.7. The standard InChI is InChI=1S/C12H28N.C9H6O6/c1-5-9-13(10-6-2,11-7-3)12-8-4;10-7(11)4-1-5(8(12)13)3-6(2-4)9(14)15/h5-12H2,1-4H3;1-3H,(H,10,11)(H,12,13)(H,14,15)/q+1;. The summed E-state index contributed by atoms with van der Waals surface area (Å²) in [5.74, 6) is -4.12. The van der Waals surface area contributed by atoms with Gasteiger partial charge in [0, 0.05) is 0 Å². The summed E-state index contributed by atoms with van der Waals surface area (Å²) in [5.41, 5.74) is -1.10. The minimum Gasteiger partial charge on any atom is -0.478 e. The Balaban J connectivity index is 0.000000528. The van der Waals surface area contributed by atoms with Crippen LogP contribution in [0.4, 0.5) is 0 Å². The summed E-state index contributed by atoms with van der Waals surface area (Å²) in [6.07, 6.45) is 5.33. The number of carbonyl (C=O) groups is 3. The predicted octanol–water partition coefficient (Wildman–Crippen LogP) is 4.22. The first-order valence-electron chi connectivity index (χ1n) is 9.86. The fourth-order valence-corrected chi connectivity index (χ4v) is 3.57. The molecule has 0 atom stereocenters. The van der Waals surface area contributed by atoms with E-state index in [4.69, 9.17) is 15.3 Å². The van der Waals surface area contributed by atoms with Gasteiger partial charge in [0.15, 0.2) is 0 Å². The molecule has 7 heteroatoms. The molecule has 28 heavy (non-hydrogen) atoms. The molecule has 0 bridgehead atoms. The monoisotopic (exact) mass is 396 g/mol. The minimum atomic E-state index is -1.37. The minimum absolute atomic E-state index is 0.368. The van der Waals surface area contributed by atoms with Crippen LogP contribution in [0.15, 0.2) is 18.2 Å². The van der Waals surface area contributed by atoms with Crippen LogP contribution in [0, 0.1) is 0 Å². The second-order valence-corrected chi connectivity index (χ2v) is 6.95. The molecule has 0 unspecified atom stereocenters. The zero-order valence-corrected chi connectivity index (χ0v) is 17.4. The van der Waals surface area contributed by atoms with Crippen LogP contribution in [0.25, 0.3) is 0 Å². The molecule has 0 aliphatic carbocycles. The molecular formula is C21H34NO6+. The number of hydrogen-bond donors (Lipinski definition) is 3. The van der Waals surface area contributed by atoms with Crippen LogP contribution in [-0.4, -0.2) is 63.9 Å². The van der Waals surface area contributed by atoms with Gasteiger partial charge < -0.3 is 19.8 Å². The van der Waals surface area contributed by atoms with Gasteiger partial charge in [-0.2, -0.15) is 0 Å². The molecule has 0 radical (unpaired) electrons. The lowest BCUT2D eigenvalue weighted by atomic mass is 10.1. The van der Waals surface area contributed by atoms with Gasteiger partial charge in [-0.15, -0.1) is 0 Å². The highest BCUT2D eigenvalue weighted by atomic mass is 16.4. The molecule has 0 fully saturated rings. The average molecular weight is 397 g/mol. The van der Waals surface area contributed by atoms with Gasteiger partial charge in [0.1, 0.15) is 0 Å². The van der Waals surface area contributed by atoms with Crippen molar-refractivity contribution in [2.24, 2.45) is 0 Å². The molecule has 158 valence electrons. The molecule has 0 saturated heterocycles. The van der Waals surface area contributed by atoms with Crippen LogP contribution < -0.4 is 0 Å². The Morgan fingerprint density at radius 3 is 0.964 bits per heavy atom. The SMILES string of the molecule is CCC[N+](CCC)(CCC)CCC.O=C(O)c1cc(C(=O)O)cc(C(=O)O)c1. The smallest absolute Gasteiger partial charge is 0.335 e. The topological polar surface area (TPSA) is 112 Å². The van der Waals surface area contributed by atoms with E-state index < -0.39 is 17.9 Å². The molecule has 1 aromatic rings. The van der Waals surface area contributed by atoms with Gasteiger partial charge in [0.25, 0.3) is 0 Å². The number of quaternary nitrogens is 1. The third-order valence-corrected chi connectivity index (χ3v) is 4.47. The third-order valence-electron chi connectivity index (χ3n) is 4.47. The van der Waals surface area contributed by atoms with E-state index in [9.17, 15) is 14.4 Å². The van der Waals surface area contributed by atoms with E-state index in [-0.39, 0.29) is 16.7 Å². The van der Waals surface area contributed by atoms with E-state index in [1.54, 1.807) is 0 Å². The number of rotatable bonds is 11. The lowest BCUT2D eigenvalue weighted by Crippen LogP contribution is -2.50. The number of benzene rings is 1. The molecule has 1 rings (SSSR count). The predicted molar refractivity (Wildman–Crippen MR) is 108 cm³/mol. The Morgan fingerprint density at radius 1 is 0.607 bits per heavy atom. The molecule has 0 amide bonds. The summed E-state index contributed by atoms with van der Waals surface area (Å²) in [6, 6.07) is 2.70. The molecule has 0 aromatic heterocycles. The Hall–Kier alpha value is -2.41. The molecular weight excluding hydrogens is 362 g/mol. The Labute approximate surface area is 167 Å². The van der Waals surface area contributed by atoms with Crippen molar-refractivity contribution in [2.75, 3.05) is 26.2 Å². The zero-order chi connectivity index (χ0) is 21.7. The summed E-state index contributed by atoms with van der Waals surface area (Å²) in [5, 5.41) is 25.8. The van der Waals surface area contributed by atoms with Crippen molar-refractivity contribution in [1.82, 2.24) is 0 Å². The number of aromatic carboxylic acids is 3. The van der Waals surface area contributed by atoms with E-state index in [1.807, 2.05) is 0 Å². The molecule has 7 nitrogen and oxygen atoms in total. The Morgan fingerprint density at radius 2 is 0.821 bits per heavy atom. The normalized spacial score (nSPS) is 10.7. The molecule has 0 saturated carbocycles. The van der Waals surface area contributed by atoms with Gasteiger partial charge in [0.2, 0.25) is 0 Å². The van der Waals surface area contributed by atoms with Crippen LogP contribution >= 0.6 is 0 Å². The van der Waals surface area contributed by atoms with Crippen molar-refractivity contribution < 1.29 is 34.2 Å². The maximum atomic E-state index is 10.6. The van der Waals surface area contributed by atoms with Crippen molar-refractivity contribution in [3.63, 3.8) is 0 Å². The highest BCUT2D eigenvalue weighted by Crippen LogP contribution is 2.13.